The second kappa shape index (κ2) is 9.71. The van der Waals surface area contributed by atoms with Gasteiger partial charge in [-0.3, -0.25) is 9.59 Å². The summed E-state index contributed by atoms with van der Waals surface area (Å²) in [5.74, 6) is 0.273. The first-order chi connectivity index (χ1) is 14.3. The van der Waals surface area contributed by atoms with Crippen LogP contribution in [0.4, 0.5) is 10.1 Å². The molecular weight excluding hydrogens is 401 g/mol. The summed E-state index contributed by atoms with van der Waals surface area (Å²) in [7, 11) is 0. The molecule has 30 heavy (non-hydrogen) atoms. The van der Waals surface area contributed by atoms with Crippen molar-refractivity contribution in [2.75, 3.05) is 5.32 Å². The number of carbonyl (C=O) groups excluding carboxylic acids is 1. The van der Waals surface area contributed by atoms with Crippen LogP contribution in [0.15, 0.2) is 58.5 Å². The van der Waals surface area contributed by atoms with E-state index in [1.54, 1.807) is 19.1 Å². The quantitative estimate of drug-likeness (QED) is 0.421. The molecule has 0 atom stereocenters. The van der Waals surface area contributed by atoms with Crippen molar-refractivity contribution in [1.82, 2.24) is 9.97 Å². The first kappa shape index (κ1) is 21.8. The Labute approximate surface area is 179 Å². The fourth-order valence-corrected chi connectivity index (χ4v) is 3.92. The van der Waals surface area contributed by atoms with Gasteiger partial charge in [0.1, 0.15) is 5.82 Å². The van der Waals surface area contributed by atoms with Gasteiger partial charge in [-0.05, 0) is 42.2 Å². The minimum atomic E-state index is -0.323. The van der Waals surface area contributed by atoms with Gasteiger partial charge >= 0.3 is 0 Å². The Hall–Kier alpha value is -2.93. The van der Waals surface area contributed by atoms with Crippen LogP contribution in [0.5, 0.6) is 0 Å². The van der Waals surface area contributed by atoms with Crippen molar-refractivity contribution in [3.05, 3.63) is 87.1 Å². The molecule has 2 aromatic carbocycles. The number of benzene rings is 2. The smallest absolute Gasteiger partial charge is 0.255 e. The minimum Gasteiger partial charge on any atom is -0.326 e. The molecule has 2 N–H and O–H groups in total. The summed E-state index contributed by atoms with van der Waals surface area (Å²) in [5.41, 5.74) is 3.27. The predicted octanol–water partition coefficient (Wildman–Crippen LogP) is 4.81. The zero-order valence-electron chi connectivity index (χ0n) is 17.2. The molecule has 3 rings (SSSR count). The molecule has 7 heteroatoms. The van der Waals surface area contributed by atoms with Crippen LogP contribution in [0.3, 0.4) is 0 Å². The van der Waals surface area contributed by atoms with Crippen molar-refractivity contribution in [2.45, 2.75) is 44.0 Å². The summed E-state index contributed by atoms with van der Waals surface area (Å²) in [5, 5.41) is 3.37. The van der Waals surface area contributed by atoms with Gasteiger partial charge in [0, 0.05) is 22.7 Å². The lowest BCUT2D eigenvalue weighted by Crippen LogP contribution is -2.24. The molecule has 156 valence electrons. The molecule has 5 nitrogen and oxygen atoms in total. The van der Waals surface area contributed by atoms with E-state index in [4.69, 9.17) is 0 Å². The van der Waals surface area contributed by atoms with E-state index in [1.807, 2.05) is 24.3 Å². The number of halogens is 1. The van der Waals surface area contributed by atoms with Gasteiger partial charge < -0.3 is 10.3 Å². The SMILES string of the molecule is Cc1nc(SCc2ccc(F)cc2)[nH]c(=O)c1CC(=O)Nc1ccccc1C(C)C. The van der Waals surface area contributed by atoms with Gasteiger partial charge in [0.25, 0.3) is 5.56 Å². The maximum atomic E-state index is 13.0. The molecule has 0 saturated heterocycles. The van der Waals surface area contributed by atoms with Crippen molar-refractivity contribution in [3.8, 4) is 0 Å². The Kier molecular flexibility index (Phi) is 7.05. The normalized spacial score (nSPS) is 11.0. The highest BCUT2D eigenvalue weighted by molar-refractivity contribution is 7.98. The Balaban J connectivity index is 1.69. The number of thioether (sulfide) groups is 1. The highest BCUT2D eigenvalue weighted by Gasteiger charge is 2.15. The van der Waals surface area contributed by atoms with E-state index in [9.17, 15) is 14.0 Å². The van der Waals surface area contributed by atoms with E-state index >= 15 is 0 Å². The van der Waals surface area contributed by atoms with Crippen LogP contribution in [0.1, 0.15) is 42.1 Å². The number of H-pyrrole nitrogens is 1. The number of anilines is 1. The molecular formula is C23H24FN3O2S. The lowest BCUT2D eigenvalue weighted by molar-refractivity contribution is -0.115. The van der Waals surface area contributed by atoms with Crippen LogP contribution < -0.4 is 10.9 Å². The van der Waals surface area contributed by atoms with Crippen molar-refractivity contribution in [3.63, 3.8) is 0 Å². The summed E-state index contributed by atoms with van der Waals surface area (Å²) < 4.78 is 13.0. The lowest BCUT2D eigenvalue weighted by atomic mass is 10.0. The average Bonchev–Trinajstić information content (AvgIpc) is 2.70. The second-order valence-corrected chi connectivity index (χ2v) is 8.28. The molecule has 1 heterocycles. The van der Waals surface area contributed by atoms with Gasteiger partial charge in [-0.1, -0.05) is 55.9 Å². The van der Waals surface area contributed by atoms with Crippen LogP contribution in [0.2, 0.25) is 0 Å². The van der Waals surface area contributed by atoms with E-state index in [1.165, 1.54) is 23.9 Å². The summed E-state index contributed by atoms with van der Waals surface area (Å²) in [6.07, 6.45) is -0.0521. The summed E-state index contributed by atoms with van der Waals surface area (Å²) in [4.78, 5) is 32.3. The minimum absolute atomic E-state index is 0.0521. The summed E-state index contributed by atoms with van der Waals surface area (Å²) in [6.45, 7) is 5.85. The topological polar surface area (TPSA) is 74.8 Å². The van der Waals surface area contributed by atoms with Crippen molar-refractivity contribution in [1.29, 1.82) is 0 Å². The number of hydrogen-bond acceptors (Lipinski definition) is 4. The molecule has 0 aliphatic rings. The number of amides is 1. The molecule has 3 aromatic rings. The molecule has 1 aromatic heterocycles. The first-order valence-corrected chi connectivity index (χ1v) is 10.7. The number of nitrogens with one attached hydrogen (secondary N) is 2. The number of rotatable bonds is 7. The van der Waals surface area contributed by atoms with Gasteiger partial charge in [0.2, 0.25) is 5.91 Å². The monoisotopic (exact) mass is 425 g/mol. The summed E-state index contributed by atoms with van der Waals surface area (Å²) in [6, 6.07) is 13.8. The van der Waals surface area contributed by atoms with Gasteiger partial charge in [0.05, 0.1) is 6.42 Å². The zero-order chi connectivity index (χ0) is 21.7. The number of carbonyl (C=O) groups is 1. The molecule has 0 bridgehead atoms. The molecule has 0 saturated carbocycles. The largest absolute Gasteiger partial charge is 0.326 e. The van der Waals surface area contributed by atoms with Gasteiger partial charge in [-0.25, -0.2) is 9.37 Å². The Morgan fingerprint density at radius 2 is 1.87 bits per heavy atom. The maximum Gasteiger partial charge on any atom is 0.255 e. The first-order valence-electron chi connectivity index (χ1n) is 9.69. The van der Waals surface area contributed by atoms with Gasteiger partial charge in [0.15, 0.2) is 5.16 Å². The van der Waals surface area contributed by atoms with Crippen molar-refractivity contribution >= 4 is 23.4 Å². The number of aromatic nitrogens is 2. The van der Waals surface area contributed by atoms with Crippen LogP contribution in [0.25, 0.3) is 0 Å². The van der Waals surface area contributed by atoms with Crippen LogP contribution in [-0.4, -0.2) is 15.9 Å². The second-order valence-electron chi connectivity index (χ2n) is 7.32. The third kappa shape index (κ3) is 5.57. The zero-order valence-corrected chi connectivity index (χ0v) is 18.0. The fourth-order valence-electron chi connectivity index (χ4n) is 3.06. The van der Waals surface area contributed by atoms with Crippen molar-refractivity contribution in [2.24, 2.45) is 0 Å². The Morgan fingerprint density at radius 1 is 1.17 bits per heavy atom. The molecule has 0 aliphatic heterocycles. The number of aryl methyl sites for hydroxylation is 1. The van der Waals surface area contributed by atoms with E-state index in [2.05, 4.69) is 29.1 Å². The number of para-hydroxylation sites is 1. The Morgan fingerprint density at radius 3 is 2.53 bits per heavy atom. The van der Waals surface area contributed by atoms with E-state index in [0.29, 0.717) is 22.2 Å². The standard InChI is InChI=1S/C23H24FN3O2S/c1-14(2)18-6-4-5-7-20(18)26-21(28)12-19-15(3)25-23(27-22(19)29)30-13-16-8-10-17(24)11-9-16/h4-11,14H,12-13H2,1-3H3,(H,26,28)(H,25,27,29). The average molecular weight is 426 g/mol. The maximum absolute atomic E-state index is 13.0. The molecule has 0 unspecified atom stereocenters. The molecule has 0 aliphatic carbocycles. The highest BCUT2D eigenvalue weighted by atomic mass is 32.2. The fraction of sp³-hybridized carbons (Fsp3) is 0.261. The number of hydrogen-bond donors (Lipinski definition) is 2. The van der Waals surface area contributed by atoms with Crippen LogP contribution in [-0.2, 0) is 17.0 Å². The Bertz CT molecular complexity index is 1090. The third-order valence-corrected chi connectivity index (χ3v) is 5.63. The van der Waals surface area contributed by atoms with Crippen LogP contribution >= 0.6 is 11.8 Å². The molecule has 0 fully saturated rings. The van der Waals surface area contributed by atoms with Gasteiger partial charge in [-0.15, -0.1) is 0 Å². The van der Waals surface area contributed by atoms with Crippen molar-refractivity contribution < 1.29 is 9.18 Å². The number of nitrogens with zero attached hydrogens (tertiary/aromatic N) is 1. The molecule has 0 spiro atoms. The highest BCUT2D eigenvalue weighted by Crippen LogP contribution is 2.24. The van der Waals surface area contributed by atoms with E-state index < -0.39 is 0 Å². The van der Waals surface area contributed by atoms with Gasteiger partial charge in [-0.2, -0.15) is 0 Å². The van der Waals surface area contributed by atoms with E-state index in [-0.39, 0.29) is 29.6 Å². The van der Waals surface area contributed by atoms with Crippen LogP contribution in [0, 0.1) is 12.7 Å². The third-order valence-electron chi connectivity index (χ3n) is 4.68. The lowest BCUT2D eigenvalue weighted by Gasteiger charge is -2.14. The summed E-state index contributed by atoms with van der Waals surface area (Å²) >= 11 is 1.35. The molecule has 1 amide bonds. The molecule has 0 radical (unpaired) electrons. The number of aromatic amines is 1. The predicted molar refractivity (Wildman–Crippen MR) is 118 cm³/mol. The van der Waals surface area contributed by atoms with E-state index in [0.717, 1.165) is 16.8 Å².